The Labute approximate surface area is 172 Å². The van der Waals surface area contributed by atoms with Crippen molar-refractivity contribution in [2.75, 3.05) is 0 Å². The number of pyridine rings is 1. The van der Waals surface area contributed by atoms with Gasteiger partial charge in [-0.05, 0) is 45.6 Å². The fraction of sp³-hybridized carbons (Fsp3) is 0.0870. The number of aryl methyl sites for hydroxylation is 2. The highest BCUT2D eigenvalue weighted by atomic mass is 15.4. The molecule has 0 spiro atoms. The van der Waals surface area contributed by atoms with E-state index in [0.29, 0.717) is 5.69 Å². The van der Waals surface area contributed by atoms with E-state index in [0.717, 1.165) is 29.9 Å². The molecule has 0 aliphatic carbocycles. The summed E-state index contributed by atoms with van der Waals surface area (Å²) in [4.78, 5) is 12.4. The van der Waals surface area contributed by atoms with Crippen LogP contribution in [0, 0.1) is 6.57 Å². The summed E-state index contributed by atoms with van der Waals surface area (Å²) in [7, 11) is 0. The average Bonchev–Trinajstić information content (AvgIpc) is 3.47. The molecule has 0 radical (unpaired) electrons. The van der Waals surface area contributed by atoms with E-state index in [2.05, 4.69) is 77.3 Å². The minimum Gasteiger partial charge on any atom is -0.357 e. The van der Waals surface area contributed by atoms with Gasteiger partial charge in [-0.1, -0.05) is 49.0 Å². The molecule has 0 fully saturated rings. The second-order valence-corrected chi connectivity index (χ2v) is 6.92. The number of fused-ring (bicyclic) bond motifs is 1. The summed E-state index contributed by atoms with van der Waals surface area (Å²) in [6, 6.07) is 18.6. The molecule has 5 aromatic rings. The van der Waals surface area contributed by atoms with Crippen molar-refractivity contribution in [3.63, 3.8) is 0 Å². The van der Waals surface area contributed by atoms with Crippen molar-refractivity contribution in [3.05, 3.63) is 90.3 Å². The number of benzene rings is 2. The van der Waals surface area contributed by atoms with Gasteiger partial charge in [-0.15, -0.1) is 10.3 Å². The summed E-state index contributed by atoms with van der Waals surface area (Å²) in [6.45, 7) is 8.04. The molecular formula is C23H17N7. The first-order chi connectivity index (χ1) is 14.8. The lowest BCUT2D eigenvalue weighted by Gasteiger charge is -2.07. The van der Waals surface area contributed by atoms with Gasteiger partial charge >= 0.3 is 5.82 Å². The van der Waals surface area contributed by atoms with Crippen LogP contribution in [0.4, 0.5) is 5.82 Å². The van der Waals surface area contributed by atoms with Crippen LogP contribution in [0.3, 0.4) is 0 Å². The first kappa shape index (κ1) is 17.8. The molecule has 0 saturated heterocycles. The summed E-state index contributed by atoms with van der Waals surface area (Å²) in [5.41, 5.74) is 4.13. The van der Waals surface area contributed by atoms with Gasteiger partial charge in [0.05, 0.1) is 12.0 Å². The van der Waals surface area contributed by atoms with Crippen molar-refractivity contribution >= 4 is 16.6 Å². The van der Waals surface area contributed by atoms with Gasteiger partial charge in [-0.25, -0.2) is 4.98 Å². The van der Waals surface area contributed by atoms with E-state index in [-0.39, 0.29) is 5.82 Å². The van der Waals surface area contributed by atoms with Crippen LogP contribution in [0.25, 0.3) is 38.3 Å². The van der Waals surface area contributed by atoms with Crippen molar-refractivity contribution < 1.29 is 0 Å². The number of rotatable bonds is 5. The molecule has 30 heavy (non-hydrogen) atoms. The number of nitrogens with zero attached hydrogens (tertiary/aromatic N) is 6. The molecule has 1 N–H and O–H groups in total. The van der Waals surface area contributed by atoms with Gasteiger partial charge in [-0.2, -0.15) is 0 Å². The van der Waals surface area contributed by atoms with Crippen molar-refractivity contribution in [2.45, 2.75) is 13.0 Å². The Morgan fingerprint density at radius 2 is 1.87 bits per heavy atom. The Hall–Kier alpha value is -4.31. The maximum atomic E-state index is 7.21. The van der Waals surface area contributed by atoms with Crippen LogP contribution in [0.5, 0.6) is 0 Å². The highest BCUT2D eigenvalue weighted by molar-refractivity contribution is 5.85. The summed E-state index contributed by atoms with van der Waals surface area (Å²) in [5.74, 6) is 0.243. The largest absolute Gasteiger partial charge is 0.357 e. The van der Waals surface area contributed by atoms with Crippen molar-refractivity contribution in [3.8, 4) is 22.6 Å². The second kappa shape index (κ2) is 7.60. The number of aromatic nitrogens is 6. The predicted molar refractivity (Wildman–Crippen MR) is 115 cm³/mol. The number of hydrogen-bond acceptors (Lipinski definition) is 4. The van der Waals surface area contributed by atoms with Gasteiger partial charge in [-0.3, -0.25) is 4.98 Å². The number of H-pyrrole nitrogens is 1. The maximum absolute atomic E-state index is 7.21. The predicted octanol–water partition coefficient (Wildman–Crippen LogP) is 4.68. The molecule has 0 saturated carbocycles. The number of imidazole rings is 1. The zero-order valence-electron chi connectivity index (χ0n) is 16.0. The van der Waals surface area contributed by atoms with Crippen LogP contribution in [-0.2, 0) is 13.0 Å². The fourth-order valence-corrected chi connectivity index (χ4v) is 3.59. The van der Waals surface area contributed by atoms with Gasteiger partial charge < -0.3 is 9.41 Å². The van der Waals surface area contributed by atoms with E-state index in [9.17, 15) is 0 Å². The number of nitrogens with one attached hydrogen (secondary N) is 1. The van der Waals surface area contributed by atoms with E-state index in [1.165, 1.54) is 16.3 Å². The Bertz CT molecular complexity index is 1370. The van der Waals surface area contributed by atoms with E-state index in [1.807, 2.05) is 24.7 Å². The summed E-state index contributed by atoms with van der Waals surface area (Å²) < 4.78 is 2.08. The quantitative estimate of drug-likeness (QED) is 0.442. The molecule has 7 heteroatoms. The smallest absolute Gasteiger partial charge is 0.323 e. The van der Waals surface area contributed by atoms with Crippen LogP contribution in [-0.4, -0.2) is 29.9 Å². The zero-order valence-corrected chi connectivity index (χ0v) is 16.0. The monoisotopic (exact) mass is 391 g/mol. The molecule has 0 atom stereocenters. The van der Waals surface area contributed by atoms with Gasteiger partial charge in [0.15, 0.2) is 0 Å². The number of hydrogen-bond donors (Lipinski definition) is 1. The normalized spacial score (nSPS) is 10.9. The van der Waals surface area contributed by atoms with Crippen molar-refractivity contribution in [1.29, 1.82) is 0 Å². The fourth-order valence-electron chi connectivity index (χ4n) is 3.59. The highest BCUT2D eigenvalue weighted by Crippen LogP contribution is 2.28. The highest BCUT2D eigenvalue weighted by Gasteiger charge is 2.13. The maximum Gasteiger partial charge on any atom is 0.323 e. The molecule has 0 aliphatic heterocycles. The SMILES string of the molecule is [C-]#[N+]c1n[nH]nc1-c1ccnc(-c2cn(CCc3cccc4ccccc34)cn2)c1. The minimum atomic E-state index is 0.243. The third-order valence-electron chi connectivity index (χ3n) is 5.08. The molecule has 144 valence electrons. The Kier molecular flexibility index (Phi) is 4.50. The zero-order chi connectivity index (χ0) is 20.3. The molecule has 3 aromatic heterocycles. The molecule has 3 heterocycles. The standard InChI is InChI=1S/C23H17N7/c1-24-23-22(27-29-28-23)18-9-11-25-20(13-18)21-14-30(15-26-21)12-10-17-7-4-6-16-5-2-3-8-19(16)17/h2-9,11,13-15H,10,12H2,(H,27,28,29). The average molecular weight is 391 g/mol. The Morgan fingerprint density at radius 3 is 2.80 bits per heavy atom. The van der Waals surface area contributed by atoms with Gasteiger partial charge in [0.1, 0.15) is 11.4 Å². The molecule has 0 aliphatic rings. The third kappa shape index (κ3) is 3.31. The van der Waals surface area contributed by atoms with Crippen LogP contribution < -0.4 is 0 Å². The Balaban J connectivity index is 1.37. The molecule has 2 aromatic carbocycles. The van der Waals surface area contributed by atoms with Crippen molar-refractivity contribution in [1.82, 2.24) is 29.9 Å². The molecule has 5 rings (SSSR count). The molecule has 0 unspecified atom stereocenters. The van der Waals surface area contributed by atoms with E-state index in [4.69, 9.17) is 6.57 Å². The molecule has 0 bridgehead atoms. The van der Waals surface area contributed by atoms with E-state index >= 15 is 0 Å². The van der Waals surface area contributed by atoms with Gasteiger partial charge in [0, 0.05) is 18.9 Å². The third-order valence-corrected chi connectivity index (χ3v) is 5.08. The lowest BCUT2D eigenvalue weighted by molar-refractivity contribution is 0.698. The molecule has 7 nitrogen and oxygen atoms in total. The Morgan fingerprint density at radius 1 is 0.967 bits per heavy atom. The van der Waals surface area contributed by atoms with Crippen LogP contribution in [0.15, 0.2) is 73.3 Å². The van der Waals surface area contributed by atoms with Crippen LogP contribution in [0.2, 0.25) is 0 Å². The molecular weight excluding hydrogens is 374 g/mol. The number of aromatic amines is 1. The summed E-state index contributed by atoms with van der Waals surface area (Å²) >= 11 is 0. The van der Waals surface area contributed by atoms with Crippen LogP contribution >= 0.6 is 0 Å². The summed E-state index contributed by atoms with van der Waals surface area (Å²) in [6.07, 6.45) is 6.44. The van der Waals surface area contributed by atoms with Gasteiger partial charge in [0.2, 0.25) is 0 Å². The lowest BCUT2D eigenvalue weighted by Crippen LogP contribution is -1.99. The molecule has 0 amide bonds. The van der Waals surface area contributed by atoms with Gasteiger partial charge in [0.25, 0.3) is 0 Å². The van der Waals surface area contributed by atoms with E-state index in [1.54, 1.807) is 6.20 Å². The topological polar surface area (TPSA) is 76.6 Å². The first-order valence-corrected chi connectivity index (χ1v) is 9.55. The van der Waals surface area contributed by atoms with E-state index < -0.39 is 0 Å². The summed E-state index contributed by atoms with van der Waals surface area (Å²) in [5, 5.41) is 13.0. The first-order valence-electron chi connectivity index (χ1n) is 9.55. The minimum absolute atomic E-state index is 0.243. The second-order valence-electron chi connectivity index (χ2n) is 6.92. The van der Waals surface area contributed by atoms with Crippen LogP contribution in [0.1, 0.15) is 5.56 Å². The van der Waals surface area contributed by atoms with Crippen molar-refractivity contribution in [2.24, 2.45) is 0 Å². The lowest BCUT2D eigenvalue weighted by atomic mass is 10.0.